The number of carbonyl (C=O) groups excluding carboxylic acids is 1. The van der Waals surface area contributed by atoms with Crippen LogP contribution in [0.15, 0.2) is 30.3 Å². The van der Waals surface area contributed by atoms with Crippen LogP contribution in [0.5, 0.6) is 0 Å². The van der Waals surface area contributed by atoms with Crippen molar-refractivity contribution in [3.63, 3.8) is 0 Å². The van der Waals surface area contributed by atoms with Crippen molar-refractivity contribution in [3.8, 4) is 0 Å². The van der Waals surface area contributed by atoms with Crippen LogP contribution in [0.1, 0.15) is 12.8 Å². The number of anilines is 1. The van der Waals surface area contributed by atoms with Crippen LogP contribution in [-0.4, -0.2) is 23.7 Å². The minimum absolute atomic E-state index is 0.0244. The first-order valence-electron chi connectivity index (χ1n) is 4.95. The highest BCUT2D eigenvalue weighted by molar-refractivity contribution is 5.90. The smallest absolute Gasteiger partial charge is 0.319 e. The van der Waals surface area contributed by atoms with Gasteiger partial charge >= 0.3 is 12.0 Å². The van der Waals surface area contributed by atoms with Gasteiger partial charge in [0.25, 0.3) is 0 Å². The van der Waals surface area contributed by atoms with E-state index in [0.29, 0.717) is 18.7 Å². The molecule has 0 unspecified atom stereocenters. The molecule has 0 saturated carbocycles. The number of urea groups is 1. The second-order valence-corrected chi connectivity index (χ2v) is 3.32. The zero-order valence-corrected chi connectivity index (χ0v) is 8.80. The Labute approximate surface area is 93.5 Å². The number of primary amides is 1. The first-order chi connectivity index (χ1) is 7.61. The predicted octanol–water partition coefficient (Wildman–Crippen LogP) is 1.44. The summed E-state index contributed by atoms with van der Waals surface area (Å²) in [6.07, 6.45) is 0.407. The van der Waals surface area contributed by atoms with Gasteiger partial charge < -0.3 is 10.8 Å². The Morgan fingerprint density at radius 1 is 1.25 bits per heavy atom. The summed E-state index contributed by atoms with van der Waals surface area (Å²) in [5.74, 6) is -0.877. The molecule has 5 heteroatoms. The monoisotopic (exact) mass is 222 g/mol. The maximum absolute atomic E-state index is 11.2. The highest BCUT2D eigenvalue weighted by Crippen LogP contribution is 2.13. The highest BCUT2D eigenvalue weighted by atomic mass is 16.4. The summed E-state index contributed by atoms with van der Waals surface area (Å²) in [5, 5.41) is 8.50. The Kier molecular flexibility index (Phi) is 4.32. The van der Waals surface area contributed by atoms with Gasteiger partial charge in [0, 0.05) is 18.7 Å². The van der Waals surface area contributed by atoms with Crippen LogP contribution in [0.4, 0.5) is 10.5 Å². The van der Waals surface area contributed by atoms with Crippen molar-refractivity contribution in [3.05, 3.63) is 30.3 Å². The lowest BCUT2D eigenvalue weighted by atomic mass is 10.2. The molecule has 16 heavy (non-hydrogen) atoms. The molecule has 0 saturated heterocycles. The van der Waals surface area contributed by atoms with E-state index in [9.17, 15) is 9.59 Å². The molecule has 0 fully saturated rings. The second-order valence-electron chi connectivity index (χ2n) is 3.32. The number of hydrogen-bond donors (Lipinski definition) is 2. The van der Waals surface area contributed by atoms with E-state index in [1.807, 2.05) is 6.07 Å². The molecule has 3 N–H and O–H groups in total. The Balaban J connectivity index is 2.62. The molecule has 0 spiro atoms. The van der Waals surface area contributed by atoms with Crippen molar-refractivity contribution in [1.82, 2.24) is 0 Å². The summed E-state index contributed by atoms with van der Waals surface area (Å²) >= 11 is 0. The van der Waals surface area contributed by atoms with Crippen molar-refractivity contribution < 1.29 is 14.7 Å². The number of aliphatic carboxylic acids is 1. The molecule has 86 valence electrons. The zero-order valence-electron chi connectivity index (χ0n) is 8.80. The fourth-order valence-electron chi connectivity index (χ4n) is 1.36. The van der Waals surface area contributed by atoms with Crippen molar-refractivity contribution in [2.75, 3.05) is 11.4 Å². The molecule has 0 aromatic heterocycles. The van der Waals surface area contributed by atoms with Gasteiger partial charge in [-0.2, -0.15) is 0 Å². The zero-order chi connectivity index (χ0) is 12.0. The molecule has 0 bridgehead atoms. The van der Waals surface area contributed by atoms with Crippen molar-refractivity contribution in [1.29, 1.82) is 0 Å². The largest absolute Gasteiger partial charge is 0.481 e. The molecule has 0 aliphatic carbocycles. The summed E-state index contributed by atoms with van der Waals surface area (Å²) in [6, 6.07) is 8.36. The number of para-hydroxylation sites is 1. The molecule has 0 radical (unpaired) electrons. The lowest BCUT2D eigenvalue weighted by molar-refractivity contribution is -0.137. The third-order valence-corrected chi connectivity index (χ3v) is 2.11. The SMILES string of the molecule is NC(=O)N(CCCC(=O)O)c1ccccc1. The van der Waals surface area contributed by atoms with Gasteiger partial charge in [-0.05, 0) is 18.6 Å². The van der Waals surface area contributed by atoms with Crippen LogP contribution in [0, 0.1) is 0 Å². The van der Waals surface area contributed by atoms with E-state index < -0.39 is 12.0 Å². The number of nitrogens with zero attached hydrogens (tertiary/aromatic N) is 1. The van der Waals surface area contributed by atoms with Crippen LogP contribution >= 0.6 is 0 Å². The average molecular weight is 222 g/mol. The van der Waals surface area contributed by atoms with Gasteiger partial charge in [0.2, 0.25) is 0 Å². The normalized spacial score (nSPS) is 9.75. The van der Waals surface area contributed by atoms with Gasteiger partial charge in [-0.3, -0.25) is 9.69 Å². The molecule has 5 nitrogen and oxygen atoms in total. The van der Waals surface area contributed by atoms with Gasteiger partial charge in [0.15, 0.2) is 0 Å². The maximum Gasteiger partial charge on any atom is 0.319 e. The van der Waals surface area contributed by atoms with Crippen molar-refractivity contribution >= 4 is 17.7 Å². The number of carboxylic acid groups (broad SMARTS) is 1. The summed E-state index contributed by atoms with van der Waals surface area (Å²) < 4.78 is 0. The number of carbonyl (C=O) groups is 2. The number of amides is 2. The number of nitrogens with two attached hydrogens (primary N) is 1. The second kappa shape index (κ2) is 5.75. The molecule has 1 aromatic carbocycles. The molecule has 0 atom stereocenters. The lowest BCUT2D eigenvalue weighted by Crippen LogP contribution is -2.36. The van der Waals surface area contributed by atoms with Crippen LogP contribution in [0.2, 0.25) is 0 Å². The van der Waals surface area contributed by atoms with E-state index >= 15 is 0 Å². The van der Waals surface area contributed by atoms with Gasteiger partial charge in [0.05, 0.1) is 0 Å². The number of rotatable bonds is 5. The molecule has 1 aromatic rings. The van der Waals surface area contributed by atoms with Gasteiger partial charge in [-0.25, -0.2) is 4.79 Å². The Hall–Kier alpha value is -2.04. The number of carboxylic acids is 1. The molecular formula is C11H14N2O3. The maximum atomic E-state index is 11.2. The Bertz CT molecular complexity index is 365. The fourth-order valence-corrected chi connectivity index (χ4v) is 1.36. The number of hydrogen-bond acceptors (Lipinski definition) is 2. The molecular weight excluding hydrogens is 208 g/mol. The van der Waals surface area contributed by atoms with Gasteiger partial charge in [-0.15, -0.1) is 0 Å². The van der Waals surface area contributed by atoms with Crippen LogP contribution < -0.4 is 10.6 Å². The first-order valence-corrected chi connectivity index (χ1v) is 4.95. The number of benzene rings is 1. The minimum Gasteiger partial charge on any atom is -0.481 e. The minimum atomic E-state index is -0.877. The van der Waals surface area contributed by atoms with Gasteiger partial charge in [-0.1, -0.05) is 18.2 Å². The Morgan fingerprint density at radius 3 is 2.38 bits per heavy atom. The Morgan fingerprint density at radius 2 is 1.88 bits per heavy atom. The van der Waals surface area contributed by atoms with E-state index in [-0.39, 0.29) is 6.42 Å². The molecule has 0 heterocycles. The molecule has 0 aliphatic rings. The topological polar surface area (TPSA) is 83.6 Å². The third kappa shape index (κ3) is 3.61. The van der Waals surface area contributed by atoms with E-state index in [4.69, 9.17) is 10.8 Å². The van der Waals surface area contributed by atoms with E-state index in [1.54, 1.807) is 24.3 Å². The average Bonchev–Trinajstić information content (AvgIpc) is 2.25. The van der Waals surface area contributed by atoms with Crippen molar-refractivity contribution in [2.24, 2.45) is 5.73 Å². The summed E-state index contributed by atoms with van der Waals surface area (Å²) in [6.45, 7) is 0.311. The third-order valence-electron chi connectivity index (χ3n) is 2.11. The van der Waals surface area contributed by atoms with E-state index in [1.165, 1.54) is 4.90 Å². The molecule has 0 aliphatic heterocycles. The highest BCUT2D eigenvalue weighted by Gasteiger charge is 2.11. The lowest BCUT2D eigenvalue weighted by Gasteiger charge is -2.19. The van der Waals surface area contributed by atoms with Crippen LogP contribution in [0.25, 0.3) is 0 Å². The summed E-state index contributed by atoms with van der Waals surface area (Å²) in [4.78, 5) is 22.9. The van der Waals surface area contributed by atoms with Crippen LogP contribution in [-0.2, 0) is 4.79 Å². The van der Waals surface area contributed by atoms with E-state index in [2.05, 4.69) is 0 Å². The summed E-state index contributed by atoms with van der Waals surface area (Å²) in [5.41, 5.74) is 5.91. The summed E-state index contributed by atoms with van der Waals surface area (Å²) in [7, 11) is 0. The first kappa shape index (κ1) is 12.0. The van der Waals surface area contributed by atoms with E-state index in [0.717, 1.165) is 0 Å². The molecule has 2 amide bonds. The quantitative estimate of drug-likeness (QED) is 0.790. The van der Waals surface area contributed by atoms with Crippen LogP contribution in [0.3, 0.4) is 0 Å². The van der Waals surface area contributed by atoms with Gasteiger partial charge in [0.1, 0.15) is 0 Å². The fraction of sp³-hybridized carbons (Fsp3) is 0.273. The predicted molar refractivity (Wildman–Crippen MR) is 60.2 cm³/mol. The molecule has 1 rings (SSSR count). The van der Waals surface area contributed by atoms with Crippen molar-refractivity contribution in [2.45, 2.75) is 12.8 Å². The standard InChI is InChI=1S/C11H14N2O3/c12-11(16)13(8-4-7-10(14)15)9-5-2-1-3-6-9/h1-3,5-6H,4,7-8H2,(H2,12,16)(H,14,15).